The lowest BCUT2D eigenvalue weighted by Crippen LogP contribution is -2.63. The van der Waals surface area contributed by atoms with Crippen molar-refractivity contribution in [3.8, 4) is 0 Å². The van der Waals surface area contributed by atoms with Crippen molar-refractivity contribution in [2.75, 3.05) is 31.1 Å². The molecule has 2 N–H and O–H groups in total. The molecule has 0 bridgehead atoms. The Kier molecular flexibility index (Phi) is 2.63. The van der Waals surface area contributed by atoms with E-state index in [0.717, 1.165) is 6.54 Å². The summed E-state index contributed by atoms with van der Waals surface area (Å²) in [5.74, 6) is 2.53. The van der Waals surface area contributed by atoms with Gasteiger partial charge in [-0.15, -0.1) is 0 Å². The molecule has 2 fully saturated rings. The smallest absolute Gasteiger partial charge is 0.0511 e. The fraction of sp³-hybridized carbons (Fsp3) is 1.00. The zero-order chi connectivity index (χ0) is 8.44. The van der Waals surface area contributed by atoms with Crippen molar-refractivity contribution in [3.05, 3.63) is 0 Å². The number of hydrogen-bond acceptors (Lipinski definition) is 3. The summed E-state index contributed by atoms with van der Waals surface area (Å²) in [7, 11) is 0. The van der Waals surface area contributed by atoms with E-state index in [1.807, 2.05) is 11.8 Å². The SMILES string of the molecule is NCC1(N2CCCCC2)CSC1. The molecule has 0 aliphatic carbocycles. The van der Waals surface area contributed by atoms with Crippen LogP contribution in [0.25, 0.3) is 0 Å². The van der Waals surface area contributed by atoms with E-state index in [4.69, 9.17) is 5.73 Å². The van der Waals surface area contributed by atoms with E-state index in [0.29, 0.717) is 5.54 Å². The largest absolute Gasteiger partial charge is 0.329 e. The Labute approximate surface area is 78.9 Å². The molecule has 0 unspecified atom stereocenters. The first-order chi connectivity index (χ1) is 5.87. The molecule has 0 saturated carbocycles. The van der Waals surface area contributed by atoms with Crippen LogP contribution >= 0.6 is 11.8 Å². The average molecular weight is 186 g/mol. The third-order valence-corrected chi connectivity index (χ3v) is 4.63. The minimum atomic E-state index is 0.408. The Morgan fingerprint density at radius 3 is 2.25 bits per heavy atom. The van der Waals surface area contributed by atoms with Crippen molar-refractivity contribution < 1.29 is 0 Å². The number of piperidine rings is 1. The van der Waals surface area contributed by atoms with Crippen LogP contribution in [0.4, 0.5) is 0 Å². The van der Waals surface area contributed by atoms with Crippen LogP contribution in [-0.2, 0) is 0 Å². The van der Waals surface area contributed by atoms with Gasteiger partial charge in [0.15, 0.2) is 0 Å². The van der Waals surface area contributed by atoms with Gasteiger partial charge >= 0.3 is 0 Å². The second-order valence-corrected chi connectivity index (χ2v) is 4.95. The predicted octanol–water partition coefficient (Wildman–Crippen LogP) is 0.917. The molecule has 0 aromatic carbocycles. The maximum Gasteiger partial charge on any atom is 0.0511 e. The molecule has 12 heavy (non-hydrogen) atoms. The average Bonchev–Trinajstić information content (AvgIpc) is 2.05. The van der Waals surface area contributed by atoms with Gasteiger partial charge < -0.3 is 5.73 Å². The zero-order valence-electron chi connectivity index (χ0n) is 7.59. The number of rotatable bonds is 2. The molecule has 2 aliphatic rings. The first-order valence-electron chi connectivity index (χ1n) is 4.90. The minimum Gasteiger partial charge on any atom is -0.329 e. The van der Waals surface area contributed by atoms with Crippen molar-refractivity contribution in [3.63, 3.8) is 0 Å². The van der Waals surface area contributed by atoms with Gasteiger partial charge in [-0.3, -0.25) is 4.90 Å². The third-order valence-electron chi connectivity index (χ3n) is 3.15. The fourth-order valence-corrected chi connectivity index (χ4v) is 3.41. The molecule has 2 heterocycles. The lowest BCUT2D eigenvalue weighted by atomic mass is 9.97. The van der Waals surface area contributed by atoms with E-state index in [2.05, 4.69) is 4.90 Å². The van der Waals surface area contributed by atoms with Gasteiger partial charge in [0, 0.05) is 18.1 Å². The van der Waals surface area contributed by atoms with Gasteiger partial charge in [0.1, 0.15) is 0 Å². The highest BCUT2D eigenvalue weighted by Crippen LogP contribution is 2.35. The van der Waals surface area contributed by atoms with Crippen LogP contribution in [-0.4, -0.2) is 41.6 Å². The van der Waals surface area contributed by atoms with Gasteiger partial charge in [-0.25, -0.2) is 0 Å². The van der Waals surface area contributed by atoms with Crippen LogP contribution in [0.1, 0.15) is 19.3 Å². The van der Waals surface area contributed by atoms with Gasteiger partial charge in [0.05, 0.1) is 5.54 Å². The van der Waals surface area contributed by atoms with Crippen molar-refractivity contribution >= 4 is 11.8 Å². The summed E-state index contributed by atoms with van der Waals surface area (Å²) in [4.78, 5) is 2.63. The van der Waals surface area contributed by atoms with Crippen LogP contribution in [0.15, 0.2) is 0 Å². The van der Waals surface area contributed by atoms with Crippen LogP contribution in [0.2, 0.25) is 0 Å². The van der Waals surface area contributed by atoms with Gasteiger partial charge in [-0.2, -0.15) is 11.8 Å². The molecule has 2 saturated heterocycles. The lowest BCUT2D eigenvalue weighted by Gasteiger charge is -2.50. The zero-order valence-corrected chi connectivity index (χ0v) is 8.41. The summed E-state index contributed by atoms with van der Waals surface area (Å²) < 4.78 is 0. The van der Waals surface area contributed by atoms with Crippen molar-refractivity contribution in [2.45, 2.75) is 24.8 Å². The summed E-state index contributed by atoms with van der Waals surface area (Å²) in [6.45, 7) is 3.44. The van der Waals surface area contributed by atoms with E-state index >= 15 is 0 Å². The van der Waals surface area contributed by atoms with Crippen molar-refractivity contribution in [1.29, 1.82) is 0 Å². The second-order valence-electron chi connectivity index (χ2n) is 3.97. The third kappa shape index (κ3) is 1.38. The summed E-state index contributed by atoms with van der Waals surface area (Å²) in [6.07, 6.45) is 4.18. The standard InChI is InChI=1S/C9H18N2S/c10-6-9(7-12-8-9)11-4-2-1-3-5-11/h1-8,10H2. The quantitative estimate of drug-likeness (QED) is 0.695. The summed E-state index contributed by atoms with van der Waals surface area (Å²) in [6, 6.07) is 0. The second kappa shape index (κ2) is 3.56. The lowest BCUT2D eigenvalue weighted by molar-refractivity contribution is 0.101. The van der Waals surface area contributed by atoms with Crippen molar-refractivity contribution in [2.24, 2.45) is 5.73 Å². The van der Waals surface area contributed by atoms with E-state index in [1.165, 1.54) is 43.9 Å². The molecule has 2 rings (SSSR count). The van der Waals surface area contributed by atoms with Gasteiger partial charge in [-0.1, -0.05) is 6.42 Å². The Morgan fingerprint density at radius 1 is 1.17 bits per heavy atom. The Balaban J connectivity index is 1.95. The summed E-state index contributed by atoms with van der Waals surface area (Å²) >= 11 is 2.04. The van der Waals surface area contributed by atoms with Gasteiger partial charge in [-0.05, 0) is 25.9 Å². The van der Waals surface area contributed by atoms with Gasteiger partial charge in [0.25, 0.3) is 0 Å². The predicted molar refractivity (Wildman–Crippen MR) is 54.5 cm³/mol. The molecule has 3 heteroatoms. The van der Waals surface area contributed by atoms with Crippen LogP contribution in [0, 0.1) is 0 Å². The van der Waals surface area contributed by atoms with Crippen molar-refractivity contribution in [1.82, 2.24) is 4.90 Å². The van der Waals surface area contributed by atoms with E-state index in [-0.39, 0.29) is 0 Å². The van der Waals surface area contributed by atoms with E-state index in [1.54, 1.807) is 0 Å². The molecule has 0 spiro atoms. The number of nitrogens with two attached hydrogens (primary N) is 1. The molecule has 2 nitrogen and oxygen atoms in total. The topological polar surface area (TPSA) is 29.3 Å². The maximum absolute atomic E-state index is 5.84. The normalized spacial score (nSPS) is 29.8. The molecular weight excluding hydrogens is 168 g/mol. The molecular formula is C9H18N2S. The number of hydrogen-bond donors (Lipinski definition) is 1. The highest BCUT2D eigenvalue weighted by Gasteiger charge is 2.41. The van der Waals surface area contributed by atoms with Gasteiger partial charge in [0.2, 0.25) is 0 Å². The van der Waals surface area contributed by atoms with E-state index in [9.17, 15) is 0 Å². The number of likely N-dealkylation sites (tertiary alicyclic amines) is 1. The molecule has 0 aromatic rings. The Morgan fingerprint density at radius 2 is 1.83 bits per heavy atom. The summed E-state index contributed by atoms with van der Waals surface area (Å²) in [5.41, 5.74) is 6.25. The molecule has 2 aliphatic heterocycles. The summed E-state index contributed by atoms with van der Waals surface area (Å²) in [5, 5.41) is 0. The molecule has 0 radical (unpaired) electrons. The monoisotopic (exact) mass is 186 g/mol. The van der Waals surface area contributed by atoms with E-state index < -0.39 is 0 Å². The maximum atomic E-state index is 5.84. The van der Waals surface area contributed by atoms with Crippen LogP contribution in [0.5, 0.6) is 0 Å². The number of thioether (sulfide) groups is 1. The molecule has 0 atom stereocenters. The fourth-order valence-electron chi connectivity index (χ4n) is 2.14. The molecule has 0 amide bonds. The first kappa shape index (κ1) is 8.85. The number of nitrogens with zero attached hydrogens (tertiary/aromatic N) is 1. The molecule has 0 aromatic heterocycles. The highest BCUT2D eigenvalue weighted by molar-refractivity contribution is 8.00. The minimum absolute atomic E-state index is 0.408. The molecule has 70 valence electrons. The highest BCUT2D eigenvalue weighted by atomic mass is 32.2. The van der Waals surface area contributed by atoms with Crippen LogP contribution in [0.3, 0.4) is 0 Å². The first-order valence-corrected chi connectivity index (χ1v) is 6.06. The Bertz CT molecular complexity index is 145. The van der Waals surface area contributed by atoms with Crippen LogP contribution < -0.4 is 5.73 Å². The Hall–Kier alpha value is 0.270.